The molecule has 2 aromatic carbocycles. The second-order valence-electron chi connectivity index (χ2n) is 11.5. The van der Waals surface area contributed by atoms with Gasteiger partial charge >= 0.3 is 13.7 Å². The highest BCUT2D eigenvalue weighted by molar-refractivity contribution is 9.10. The van der Waals surface area contributed by atoms with Crippen molar-refractivity contribution in [1.29, 1.82) is 0 Å². The standard InChI is InChI=1S/C32H43BrN5O6P/c1-7-9-18-32(6,38-27(19-41-8-2)36-28-29(38)25-12-10-11-13-26(25)35-30(28)34)20-42-45(40,37-22(5)31(39)43-21(3)4)44-24-16-14-23(33)15-17-24/h10-17,21-22H,7-9,18-20H2,1-6H3,(H2,34,35)(H,37,40)/t22-,32+,45+/m0/s1. The van der Waals surface area contributed by atoms with E-state index in [2.05, 4.69) is 37.5 Å². The fourth-order valence-electron chi connectivity index (χ4n) is 5.10. The van der Waals surface area contributed by atoms with E-state index in [0.717, 1.165) is 33.7 Å². The third-order valence-corrected chi connectivity index (χ3v) is 9.43. The number of nitrogens with zero attached hydrogens (tertiary/aromatic N) is 3. The van der Waals surface area contributed by atoms with Crippen molar-refractivity contribution in [2.24, 2.45) is 0 Å². The molecule has 0 saturated heterocycles. The molecule has 0 spiro atoms. The van der Waals surface area contributed by atoms with E-state index in [9.17, 15) is 9.36 Å². The zero-order valence-corrected chi connectivity index (χ0v) is 29.2. The van der Waals surface area contributed by atoms with Crippen LogP contribution in [0.1, 0.15) is 66.6 Å². The number of aromatic nitrogens is 3. The summed E-state index contributed by atoms with van der Waals surface area (Å²) in [6, 6.07) is 13.6. The molecule has 0 aliphatic carbocycles. The highest BCUT2D eigenvalue weighted by Gasteiger charge is 2.39. The summed E-state index contributed by atoms with van der Waals surface area (Å²) in [5.41, 5.74) is 7.74. The number of benzene rings is 2. The van der Waals surface area contributed by atoms with E-state index < -0.39 is 25.3 Å². The van der Waals surface area contributed by atoms with Crippen molar-refractivity contribution in [3.8, 4) is 5.75 Å². The predicted octanol–water partition coefficient (Wildman–Crippen LogP) is 7.50. The minimum Gasteiger partial charge on any atom is -0.462 e. The van der Waals surface area contributed by atoms with Gasteiger partial charge in [0.05, 0.1) is 29.3 Å². The second kappa shape index (κ2) is 15.0. The summed E-state index contributed by atoms with van der Waals surface area (Å²) in [4.78, 5) is 22.2. The number of hydrogen-bond donors (Lipinski definition) is 2. The molecule has 3 N–H and O–H groups in total. The van der Waals surface area contributed by atoms with E-state index in [-0.39, 0.29) is 19.3 Å². The summed E-state index contributed by atoms with van der Waals surface area (Å²) in [6.07, 6.45) is 2.06. The first-order valence-electron chi connectivity index (χ1n) is 15.2. The first-order valence-corrected chi connectivity index (χ1v) is 17.5. The minimum atomic E-state index is -4.16. The Labute approximate surface area is 272 Å². The van der Waals surface area contributed by atoms with Gasteiger partial charge < -0.3 is 24.3 Å². The van der Waals surface area contributed by atoms with Gasteiger partial charge in [-0.1, -0.05) is 53.9 Å². The number of carbonyl (C=O) groups excluding carboxylic acids is 1. The number of pyridine rings is 1. The molecule has 0 fully saturated rings. The lowest BCUT2D eigenvalue weighted by Crippen LogP contribution is -2.40. The van der Waals surface area contributed by atoms with Crippen molar-refractivity contribution in [1.82, 2.24) is 19.6 Å². The molecule has 13 heteroatoms. The molecule has 11 nitrogen and oxygen atoms in total. The van der Waals surface area contributed by atoms with Crippen LogP contribution in [0.25, 0.3) is 21.9 Å². The number of rotatable bonds is 16. The fraction of sp³-hybridized carbons (Fsp3) is 0.469. The number of unbranched alkanes of at least 4 members (excludes halogenated alkanes) is 1. The number of esters is 1. The summed E-state index contributed by atoms with van der Waals surface area (Å²) in [7, 11) is -4.16. The van der Waals surface area contributed by atoms with Crippen molar-refractivity contribution in [2.45, 2.75) is 85.1 Å². The molecule has 4 aromatic rings. The SMILES string of the molecule is CCCC[C@](C)(CO[P@](=O)(N[C@@H](C)C(=O)OC(C)C)Oc1ccc(Br)cc1)n1c(COCC)nc2c(N)nc3ccccc3c21. The van der Waals surface area contributed by atoms with Crippen LogP contribution in [0.4, 0.5) is 5.82 Å². The molecule has 0 bridgehead atoms. The minimum absolute atomic E-state index is 0.0547. The molecule has 3 atom stereocenters. The van der Waals surface area contributed by atoms with E-state index in [1.807, 2.05) is 38.1 Å². The van der Waals surface area contributed by atoms with E-state index in [1.54, 1.807) is 45.0 Å². The predicted molar refractivity (Wildman–Crippen MR) is 180 cm³/mol. The summed E-state index contributed by atoms with van der Waals surface area (Å²) in [5.74, 6) is 0.687. The smallest absolute Gasteiger partial charge is 0.459 e. The van der Waals surface area contributed by atoms with Gasteiger partial charge in [-0.15, -0.1) is 0 Å². The van der Waals surface area contributed by atoms with Crippen LogP contribution in [-0.4, -0.2) is 45.9 Å². The van der Waals surface area contributed by atoms with E-state index >= 15 is 0 Å². The molecule has 4 rings (SSSR count). The van der Waals surface area contributed by atoms with Gasteiger partial charge in [-0.25, -0.2) is 14.5 Å². The Bertz CT molecular complexity index is 1660. The Hall–Kier alpha value is -3.02. The van der Waals surface area contributed by atoms with Gasteiger partial charge in [-0.2, -0.15) is 5.09 Å². The maximum Gasteiger partial charge on any atom is 0.459 e. The molecular weight excluding hydrogens is 661 g/mol. The molecule has 0 unspecified atom stereocenters. The number of hydrogen-bond acceptors (Lipinski definition) is 9. The van der Waals surface area contributed by atoms with Crippen LogP contribution in [0.15, 0.2) is 53.0 Å². The lowest BCUT2D eigenvalue weighted by Gasteiger charge is -2.35. The highest BCUT2D eigenvalue weighted by Crippen LogP contribution is 2.47. The van der Waals surface area contributed by atoms with Gasteiger partial charge in [-0.05, 0) is 71.4 Å². The van der Waals surface area contributed by atoms with Crippen LogP contribution < -0.4 is 15.3 Å². The number of carbonyl (C=O) groups is 1. The van der Waals surface area contributed by atoms with Crippen LogP contribution in [-0.2, 0) is 35.5 Å². The van der Waals surface area contributed by atoms with Crippen LogP contribution in [0, 0.1) is 0 Å². The Morgan fingerprint density at radius 1 is 1.11 bits per heavy atom. The number of nitrogens with one attached hydrogen (secondary N) is 1. The average molecular weight is 705 g/mol. The molecule has 2 aromatic heterocycles. The molecular formula is C32H43BrN5O6P. The maximum atomic E-state index is 14.5. The Kier molecular flexibility index (Phi) is 11.7. The first kappa shape index (κ1) is 34.8. The second-order valence-corrected chi connectivity index (χ2v) is 14.1. The van der Waals surface area contributed by atoms with Gasteiger partial charge in [0.15, 0.2) is 5.82 Å². The summed E-state index contributed by atoms with van der Waals surface area (Å²) in [5, 5.41) is 3.68. The van der Waals surface area contributed by atoms with E-state index in [1.165, 1.54) is 0 Å². The molecule has 0 aliphatic rings. The maximum absolute atomic E-state index is 14.5. The molecule has 45 heavy (non-hydrogen) atoms. The molecule has 0 aliphatic heterocycles. The number of anilines is 1. The van der Waals surface area contributed by atoms with E-state index in [4.69, 9.17) is 29.2 Å². The average Bonchev–Trinajstić information content (AvgIpc) is 3.40. The molecule has 2 heterocycles. The van der Waals surface area contributed by atoms with Crippen molar-refractivity contribution in [2.75, 3.05) is 18.9 Å². The zero-order valence-electron chi connectivity index (χ0n) is 26.7. The molecule has 244 valence electrons. The summed E-state index contributed by atoms with van der Waals surface area (Å²) >= 11 is 3.41. The van der Waals surface area contributed by atoms with Crippen molar-refractivity contribution in [3.63, 3.8) is 0 Å². The van der Waals surface area contributed by atoms with Crippen molar-refractivity contribution in [3.05, 3.63) is 58.8 Å². The third-order valence-electron chi connectivity index (χ3n) is 7.28. The van der Waals surface area contributed by atoms with E-state index in [0.29, 0.717) is 35.9 Å². The van der Waals surface area contributed by atoms with Crippen molar-refractivity contribution < 1.29 is 27.9 Å². The van der Waals surface area contributed by atoms with Crippen LogP contribution in [0.5, 0.6) is 5.75 Å². The highest BCUT2D eigenvalue weighted by atomic mass is 79.9. The van der Waals surface area contributed by atoms with Gasteiger partial charge in [0.25, 0.3) is 0 Å². The zero-order chi connectivity index (χ0) is 32.8. The number of nitrogen functional groups attached to an aromatic ring is 1. The number of para-hydroxylation sites is 1. The van der Waals surface area contributed by atoms with Gasteiger partial charge in [0.1, 0.15) is 29.7 Å². The summed E-state index contributed by atoms with van der Waals surface area (Å²) in [6.45, 7) is 11.8. The Morgan fingerprint density at radius 2 is 1.82 bits per heavy atom. The summed E-state index contributed by atoms with van der Waals surface area (Å²) < 4.78 is 40.9. The monoisotopic (exact) mass is 703 g/mol. The van der Waals surface area contributed by atoms with Gasteiger partial charge in [0, 0.05) is 16.5 Å². The van der Waals surface area contributed by atoms with Crippen LogP contribution in [0.3, 0.4) is 0 Å². The Balaban J connectivity index is 1.81. The number of fused-ring (bicyclic) bond motifs is 3. The lowest BCUT2D eigenvalue weighted by atomic mass is 9.94. The van der Waals surface area contributed by atoms with Crippen LogP contribution in [0.2, 0.25) is 0 Å². The third kappa shape index (κ3) is 8.42. The number of imidazole rings is 1. The molecule has 0 saturated carbocycles. The van der Waals surface area contributed by atoms with Gasteiger partial charge in [-0.3, -0.25) is 9.32 Å². The Morgan fingerprint density at radius 3 is 2.49 bits per heavy atom. The van der Waals surface area contributed by atoms with Crippen LogP contribution >= 0.6 is 23.7 Å². The first-order chi connectivity index (χ1) is 21.4. The normalized spacial score (nSPS) is 15.2. The largest absolute Gasteiger partial charge is 0.462 e. The topological polar surface area (TPSA) is 140 Å². The lowest BCUT2D eigenvalue weighted by molar-refractivity contribution is -0.149. The van der Waals surface area contributed by atoms with Gasteiger partial charge in [0.2, 0.25) is 0 Å². The van der Waals surface area contributed by atoms with Crippen molar-refractivity contribution >= 4 is 57.4 Å². The molecule has 0 radical (unpaired) electrons. The number of halogens is 1. The molecule has 0 amide bonds. The fourth-order valence-corrected chi connectivity index (χ4v) is 6.97. The number of ether oxygens (including phenoxy) is 2. The number of nitrogens with two attached hydrogens (primary N) is 1. The quantitative estimate of drug-likeness (QED) is 0.0890.